The van der Waals surface area contributed by atoms with Crippen molar-refractivity contribution in [3.05, 3.63) is 194 Å². The topological polar surface area (TPSA) is 26.3 Å². The van der Waals surface area contributed by atoms with Crippen molar-refractivity contribution in [1.29, 1.82) is 0 Å². The summed E-state index contributed by atoms with van der Waals surface area (Å²) in [7, 11) is 0. The second-order valence-corrected chi connectivity index (χ2v) is 15.5. The molecule has 2 aromatic heterocycles. The van der Waals surface area contributed by atoms with E-state index in [9.17, 15) is 0 Å². The number of hydrogen-bond acceptors (Lipinski definition) is 2. The first-order valence-electron chi connectivity index (χ1n) is 19.9. The summed E-state index contributed by atoms with van der Waals surface area (Å²) in [5, 5.41) is 16.6. The van der Waals surface area contributed by atoms with Gasteiger partial charge in [0, 0.05) is 26.9 Å². The Morgan fingerprint density at radius 1 is 0.241 bits per heavy atom. The highest BCUT2D eigenvalue weighted by molar-refractivity contribution is 6.26. The van der Waals surface area contributed by atoms with Crippen LogP contribution < -0.4 is 0 Å². The Morgan fingerprint density at radius 3 is 1.53 bits per heavy atom. The molecule has 0 radical (unpaired) electrons. The second-order valence-electron chi connectivity index (χ2n) is 15.5. The first-order valence-corrected chi connectivity index (χ1v) is 19.9. The molecule has 0 saturated heterocycles. The summed E-state index contributed by atoms with van der Waals surface area (Å²) in [6.45, 7) is 0. The zero-order chi connectivity index (χ0) is 37.9. The van der Waals surface area contributed by atoms with Crippen molar-refractivity contribution in [2.45, 2.75) is 0 Å². The van der Waals surface area contributed by atoms with Crippen molar-refractivity contribution in [2.75, 3.05) is 0 Å². The van der Waals surface area contributed by atoms with Gasteiger partial charge < -0.3 is 8.83 Å². The molecular formula is C56H32O2. The lowest BCUT2D eigenvalue weighted by atomic mass is 9.83. The monoisotopic (exact) mass is 736 g/mol. The van der Waals surface area contributed by atoms with Crippen LogP contribution in [0.25, 0.3) is 131 Å². The Bertz CT molecular complexity index is 3800. The van der Waals surface area contributed by atoms with Gasteiger partial charge in [0.15, 0.2) is 0 Å². The molecule has 0 atom stereocenters. The van der Waals surface area contributed by atoms with Crippen LogP contribution in [0.4, 0.5) is 0 Å². The molecule has 0 spiro atoms. The Labute approximate surface area is 332 Å². The summed E-state index contributed by atoms with van der Waals surface area (Å²) >= 11 is 0. The van der Waals surface area contributed by atoms with Crippen LogP contribution in [0.3, 0.4) is 0 Å². The summed E-state index contributed by atoms with van der Waals surface area (Å²) in [4.78, 5) is 0. The van der Waals surface area contributed by atoms with Gasteiger partial charge in [-0.15, -0.1) is 0 Å². The van der Waals surface area contributed by atoms with Crippen LogP contribution in [0.1, 0.15) is 0 Å². The average molecular weight is 737 g/mol. The molecule has 0 amide bonds. The molecule has 2 nitrogen and oxygen atoms in total. The lowest BCUT2D eigenvalue weighted by Crippen LogP contribution is -1.93. The molecule has 0 N–H and O–H groups in total. The normalized spacial score (nSPS) is 12.1. The van der Waals surface area contributed by atoms with Crippen LogP contribution in [-0.2, 0) is 0 Å². The Balaban J connectivity index is 1.03. The number of para-hydroxylation sites is 1. The standard InChI is InChI=1S/C56H32O2/c1-2-14-36-33(12-1)13-11-22-41(36)54-42-18-5-7-20-44(42)55(45-21-8-6-19-43(45)54)46-28-27-37(38-15-3-4-16-39(38)46)34-25-29-52-49(30-34)50-32-48-35(31-53(50)57-52)24-26-47-40-17-9-10-23-51(40)58-56(47)48/h1-32H. The fourth-order valence-corrected chi connectivity index (χ4v) is 9.87. The number of hydrogen-bond donors (Lipinski definition) is 0. The first kappa shape index (κ1) is 31.5. The molecule has 13 aromatic rings. The molecule has 0 bridgehead atoms. The molecule has 2 heteroatoms. The Hall–Kier alpha value is -7.68. The van der Waals surface area contributed by atoms with Crippen LogP contribution in [0.5, 0.6) is 0 Å². The lowest BCUT2D eigenvalue weighted by Gasteiger charge is -2.20. The van der Waals surface area contributed by atoms with E-state index in [0.717, 1.165) is 60.2 Å². The minimum atomic E-state index is 0.875. The smallest absolute Gasteiger partial charge is 0.143 e. The molecule has 0 aliphatic carbocycles. The lowest BCUT2D eigenvalue weighted by molar-refractivity contribution is 0.669. The SMILES string of the molecule is c1ccc2c(-c3c4ccccc4c(-c4ccc(-c5ccc6oc7cc8ccc9c%10ccccc%10oc9c8cc7c6c5)c5ccccc45)c4ccccc34)cccc2c1. The van der Waals surface area contributed by atoms with Gasteiger partial charge in [-0.3, -0.25) is 0 Å². The molecule has 2 heterocycles. The summed E-state index contributed by atoms with van der Waals surface area (Å²) < 4.78 is 13.0. The summed E-state index contributed by atoms with van der Waals surface area (Å²) in [6.07, 6.45) is 0. The molecule has 0 aliphatic heterocycles. The third kappa shape index (κ3) is 4.43. The number of benzene rings is 11. The zero-order valence-electron chi connectivity index (χ0n) is 31.3. The van der Waals surface area contributed by atoms with E-state index < -0.39 is 0 Å². The van der Waals surface area contributed by atoms with Crippen molar-refractivity contribution in [3.8, 4) is 33.4 Å². The van der Waals surface area contributed by atoms with E-state index in [1.165, 1.54) is 70.9 Å². The van der Waals surface area contributed by atoms with E-state index in [0.29, 0.717) is 0 Å². The molecule has 58 heavy (non-hydrogen) atoms. The minimum Gasteiger partial charge on any atom is -0.456 e. The number of furan rings is 2. The van der Waals surface area contributed by atoms with Gasteiger partial charge in [-0.05, 0) is 118 Å². The van der Waals surface area contributed by atoms with Crippen LogP contribution in [-0.4, -0.2) is 0 Å². The summed E-state index contributed by atoms with van der Waals surface area (Å²) in [6, 6.07) is 70.5. The fourth-order valence-electron chi connectivity index (χ4n) is 9.87. The van der Waals surface area contributed by atoms with Gasteiger partial charge in [0.1, 0.15) is 22.3 Å². The van der Waals surface area contributed by atoms with E-state index >= 15 is 0 Å². The van der Waals surface area contributed by atoms with Gasteiger partial charge in [0.05, 0.1) is 0 Å². The van der Waals surface area contributed by atoms with Crippen molar-refractivity contribution in [3.63, 3.8) is 0 Å². The van der Waals surface area contributed by atoms with Crippen molar-refractivity contribution < 1.29 is 8.83 Å². The molecule has 0 saturated carbocycles. The molecule has 0 fully saturated rings. The number of fused-ring (bicyclic) bond motifs is 12. The van der Waals surface area contributed by atoms with E-state index in [4.69, 9.17) is 8.83 Å². The fraction of sp³-hybridized carbons (Fsp3) is 0. The quantitative estimate of drug-likeness (QED) is 0.169. The molecule has 268 valence electrons. The number of rotatable bonds is 3. The highest BCUT2D eigenvalue weighted by Gasteiger charge is 2.21. The van der Waals surface area contributed by atoms with Gasteiger partial charge in [-0.2, -0.15) is 0 Å². The average Bonchev–Trinajstić information content (AvgIpc) is 3.85. The Morgan fingerprint density at radius 2 is 0.793 bits per heavy atom. The highest BCUT2D eigenvalue weighted by Crippen LogP contribution is 2.48. The van der Waals surface area contributed by atoms with Gasteiger partial charge in [0.25, 0.3) is 0 Å². The predicted octanol–water partition coefficient (Wildman–Crippen LogP) is 16.3. The van der Waals surface area contributed by atoms with Gasteiger partial charge in [-0.25, -0.2) is 0 Å². The van der Waals surface area contributed by atoms with E-state index in [2.05, 4.69) is 182 Å². The highest BCUT2D eigenvalue weighted by atomic mass is 16.3. The van der Waals surface area contributed by atoms with E-state index in [1.54, 1.807) is 0 Å². The molecular weight excluding hydrogens is 705 g/mol. The maximum absolute atomic E-state index is 6.50. The van der Waals surface area contributed by atoms with Crippen molar-refractivity contribution >= 4 is 97.7 Å². The third-order valence-electron chi connectivity index (χ3n) is 12.4. The van der Waals surface area contributed by atoms with Crippen LogP contribution in [0.15, 0.2) is 203 Å². The first-order chi connectivity index (χ1) is 28.8. The largest absolute Gasteiger partial charge is 0.456 e. The van der Waals surface area contributed by atoms with Crippen LogP contribution in [0.2, 0.25) is 0 Å². The van der Waals surface area contributed by atoms with Gasteiger partial charge in [0.2, 0.25) is 0 Å². The van der Waals surface area contributed by atoms with Crippen molar-refractivity contribution in [2.24, 2.45) is 0 Å². The van der Waals surface area contributed by atoms with Gasteiger partial charge in [-0.1, -0.05) is 158 Å². The third-order valence-corrected chi connectivity index (χ3v) is 12.4. The maximum Gasteiger partial charge on any atom is 0.143 e. The predicted molar refractivity (Wildman–Crippen MR) is 245 cm³/mol. The maximum atomic E-state index is 6.50. The van der Waals surface area contributed by atoms with Crippen molar-refractivity contribution in [1.82, 2.24) is 0 Å². The van der Waals surface area contributed by atoms with Gasteiger partial charge >= 0.3 is 0 Å². The van der Waals surface area contributed by atoms with E-state index in [-0.39, 0.29) is 0 Å². The van der Waals surface area contributed by atoms with Crippen LogP contribution >= 0.6 is 0 Å². The minimum absolute atomic E-state index is 0.875. The summed E-state index contributed by atoms with van der Waals surface area (Å²) in [5.74, 6) is 0. The Kier molecular flexibility index (Phi) is 6.47. The zero-order valence-corrected chi connectivity index (χ0v) is 31.3. The van der Waals surface area contributed by atoms with E-state index in [1.807, 2.05) is 12.1 Å². The molecule has 0 unspecified atom stereocenters. The molecule has 11 aromatic carbocycles. The molecule has 0 aliphatic rings. The second kappa shape index (κ2) is 11.9. The van der Waals surface area contributed by atoms with Crippen LogP contribution in [0, 0.1) is 0 Å². The summed E-state index contributed by atoms with van der Waals surface area (Å²) in [5.41, 5.74) is 10.9. The molecule has 13 rings (SSSR count).